The second-order valence-corrected chi connectivity index (χ2v) is 8.29. The lowest BCUT2D eigenvalue weighted by Gasteiger charge is -2.22. The highest BCUT2D eigenvalue weighted by atomic mass is 16.5. The van der Waals surface area contributed by atoms with Crippen molar-refractivity contribution in [1.82, 2.24) is 0 Å². The molecular formula is C27H26O. The topological polar surface area (TPSA) is 9.23 Å². The van der Waals surface area contributed by atoms with Gasteiger partial charge in [-0.25, -0.2) is 0 Å². The van der Waals surface area contributed by atoms with Gasteiger partial charge in [0.05, 0.1) is 0 Å². The van der Waals surface area contributed by atoms with Crippen molar-refractivity contribution < 1.29 is 4.74 Å². The molecule has 0 bridgehead atoms. The van der Waals surface area contributed by atoms with Crippen LogP contribution in [0.2, 0.25) is 0 Å². The Labute approximate surface area is 167 Å². The van der Waals surface area contributed by atoms with Gasteiger partial charge in [-0.05, 0) is 51.1 Å². The SMILES string of the molecule is CC(C)(C)c1ccc(O[C@H](c2ccccc2)c2ccc3ccccc3c2)cc1. The summed E-state index contributed by atoms with van der Waals surface area (Å²) in [7, 11) is 0. The quantitative estimate of drug-likeness (QED) is 0.368. The van der Waals surface area contributed by atoms with E-state index in [2.05, 4.69) is 112 Å². The molecule has 0 aliphatic heterocycles. The molecule has 28 heavy (non-hydrogen) atoms. The Balaban J connectivity index is 1.71. The fourth-order valence-corrected chi connectivity index (χ4v) is 3.50. The minimum absolute atomic E-state index is 0.135. The normalized spacial score (nSPS) is 12.7. The third-order valence-corrected chi connectivity index (χ3v) is 5.15. The first-order valence-corrected chi connectivity index (χ1v) is 9.81. The largest absolute Gasteiger partial charge is 0.481 e. The van der Waals surface area contributed by atoms with Gasteiger partial charge in [-0.3, -0.25) is 0 Å². The molecule has 1 atom stereocenters. The van der Waals surface area contributed by atoms with Gasteiger partial charge in [-0.2, -0.15) is 0 Å². The first-order chi connectivity index (χ1) is 13.5. The number of hydrogen-bond acceptors (Lipinski definition) is 1. The van der Waals surface area contributed by atoms with E-state index in [4.69, 9.17) is 4.74 Å². The highest BCUT2D eigenvalue weighted by molar-refractivity contribution is 5.83. The Morgan fingerprint density at radius 1 is 0.607 bits per heavy atom. The van der Waals surface area contributed by atoms with Gasteiger partial charge in [0.15, 0.2) is 0 Å². The van der Waals surface area contributed by atoms with Crippen molar-refractivity contribution in [2.24, 2.45) is 0 Å². The maximum atomic E-state index is 6.50. The van der Waals surface area contributed by atoms with Crippen molar-refractivity contribution in [2.45, 2.75) is 32.3 Å². The molecule has 0 spiro atoms. The van der Waals surface area contributed by atoms with E-state index in [0.29, 0.717) is 0 Å². The molecular weight excluding hydrogens is 340 g/mol. The van der Waals surface area contributed by atoms with E-state index in [1.165, 1.54) is 16.3 Å². The van der Waals surface area contributed by atoms with Gasteiger partial charge in [0.1, 0.15) is 11.9 Å². The molecule has 0 fully saturated rings. The summed E-state index contributed by atoms with van der Waals surface area (Å²) >= 11 is 0. The van der Waals surface area contributed by atoms with Crippen molar-refractivity contribution in [3.63, 3.8) is 0 Å². The lowest BCUT2D eigenvalue weighted by molar-refractivity contribution is 0.247. The molecule has 4 aromatic carbocycles. The van der Waals surface area contributed by atoms with E-state index in [1.54, 1.807) is 0 Å². The number of fused-ring (bicyclic) bond motifs is 1. The second-order valence-electron chi connectivity index (χ2n) is 8.29. The molecule has 0 saturated carbocycles. The molecule has 0 N–H and O–H groups in total. The van der Waals surface area contributed by atoms with Crippen molar-refractivity contribution in [1.29, 1.82) is 0 Å². The Kier molecular flexibility index (Phi) is 4.92. The zero-order valence-corrected chi connectivity index (χ0v) is 16.7. The Morgan fingerprint density at radius 2 is 1.25 bits per heavy atom. The number of ether oxygens (including phenoxy) is 1. The van der Waals surface area contributed by atoms with Crippen molar-refractivity contribution >= 4 is 10.8 Å². The molecule has 0 heterocycles. The van der Waals surface area contributed by atoms with E-state index in [1.807, 2.05) is 6.07 Å². The second kappa shape index (κ2) is 7.52. The number of benzene rings is 4. The average molecular weight is 367 g/mol. The van der Waals surface area contributed by atoms with Crippen LogP contribution in [0.3, 0.4) is 0 Å². The van der Waals surface area contributed by atoms with Gasteiger partial charge >= 0.3 is 0 Å². The molecule has 1 heteroatoms. The van der Waals surface area contributed by atoms with E-state index >= 15 is 0 Å². The third kappa shape index (κ3) is 3.94. The molecule has 0 radical (unpaired) electrons. The molecule has 140 valence electrons. The van der Waals surface area contributed by atoms with Crippen LogP contribution < -0.4 is 4.74 Å². The van der Waals surface area contributed by atoms with E-state index in [0.717, 1.165) is 16.9 Å². The van der Waals surface area contributed by atoms with Gasteiger partial charge in [0.25, 0.3) is 0 Å². The van der Waals surface area contributed by atoms with Crippen LogP contribution in [-0.4, -0.2) is 0 Å². The molecule has 1 nitrogen and oxygen atoms in total. The highest BCUT2D eigenvalue weighted by Gasteiger charge is 2.18. The summed E-state index contributed by atoms with van der Waals surface area (Å²) in [6, 6.07) is 33.9. The zero-order valence-electron chi connectivity index (χ0n) is 16.7. The highest BCUT2D eigenvalue weighted by Crippen LogP contribution is 2.32. The lowest BCUT2D eigenvalue weighted by atomic mass is 9.87. The zero-order chi connectivity index (χ0) is 19.6. The van der Waals surface area contributed by atoms with E-state index in [9.17, 15) is 0 Å². The molecule has 0 saturated heterocycles. The van der Waals surface area contributed by atoms with Gasteiger partial charge in [-0.1, -0.05) is 99.6 Å². The predicted octanol–water partition coefficient (Wildman–Crippen LogP) is 7.31. The molecule has 4 rings (SSSR count). The van der Waals surface area contributed by atoms with Crippen LogP contribution >= 0.6 is 0 Å². The summed E-state index contributed by atoms with van der Waals surface area (Å²) in [4.78, 5) is 0. The summed E-state index contributed by atoms with van der Waals surface area (Å²) in [5.74, 6) is 0.884. The van der Waals surface area contributed by atoms with Crippen molar-refractivity contribution in [2.75, 3.05) is 0 Å². The standard InChI is InChI=1S/C27H26O/c1-27(2,3)24-15-17-25(18-16-24)28-26(21-10-5-4-6-11-21)23-14-13-20-9-7-8-12-22(20)19-23/h4-19,26H,1-3H3/t26-/m1/s1. The molecule has 4 aromatic rings. The summed E-state index contributed by atoms with van der Waals surface area (Å²) in [5.41, 5.74) is 3.75. The van der Waals surface area contributed by atoms with Gasteiger partial charge < -0.3 is 4.74 Å². The van der Waals surface area contributed by atoms with Gasteiger partial charge in [-0.15, -0.1) is 0 Å². The molecule has 0 aliphatic rings. The third-order valence-electron chi connectivity index (χ3n) is 5.15. The van der Waals surface area contributed by atoms with Gasteiger partial charge in [0.2, 0.25) is 0 Å². The van der Waals surface area contributed by atoms with Crippen LogP contribution in [-0.2, 0) is 5.41 Å². The van der Waals surface area contributed by atoms with Gasteiger partial charge in [0, 0.05) is 0 Å². The van der Waals surface area contributed by atoms with Crippen molar-refractivity contribution in [3.05, 3.63) is 114 Å². The summed E-state index contributed by atoms with van der Waals surface area (Å²) in [6.45, 7) is 6.68. The molecule has 0 unspecified atom stereocenters. The summed E-state index contributed by atoms with van der Waals surface area (Å²) in [5, 5.41) is 2.47. The fourth-order valence-electron chi connectivity index (χ4n) is 3.50. The molecule has 0 amide bonds. The Morgan fingerprint density at radius 3 is 1.93 bits per heavy atom. The predicted molar refractivity (Wildman–Crippen MR) is 118 cm³/mol. The van der Waals surface area contributed by atoms with Crippen LogP contribution in [0.5, 0.6) is 5.75 Å². The first-order valence-electron chi connectivity index (χ1n) is 9.81. The number of hydrogen-bond donors (Lipinski definition) is 0. The van der Waals surface area contributed by atoms with Crippen LogP contribution in [0.15, 0.2) is 97.1 Å². The first kappa shape index (κ1) is 18.3. The minimum Gasteiger partial charge on any atom is -0.481 e. The van der Waals surface area contributed by atoms with E-state index < -0.39 is 0 Å². The summed E-state index contributed by atoms with van der Waals surface area (Å²) < 4.78 is 6.50. The maximum Gasteiger partial charge on any atom is 0.149 e. The van der Waals surface area contributed by atoms with Crippen LogP contribution in [0.1, 0.15) is 43.6 Å². The lowest BCUT2D eigenvalue weighted by Crippen LogP contribution is -2.12. The smallest absolute Gasteiger partial charge is 0.149 e. The van der Waals surface area contributed by atoms with Crippen LogP contribution in [0.25, 0.3) is 10.8 Å². The van der Waals surface area contributed by atoms with Crippen LogP contribution in [0.4, 0.5) is 0 Å². The Bertz CT molecular complexity index is 1060. The summed E-state index contributed by atoms with van der Waals surface area (Å²) in [6.07, 6.45) is -0.147. The maximum absolute atomic E-state index is 6.50. The Hall–Kier alpha value is -3.06. The molecule has 0 aromatic heterocycles. The molecule has 0 aliphatic carbocycles. The van der Waals surface area contributed by atoms with E-state index in [-0.39, 0.29) is 11.5 Å². The monoisotopic (exact) mass is 366 g/mol. The van der Waals surface area contributed by atoms with Crippen molar-refractivity contribution in [3.8, 4) is 5.75 Å². The number of rotatable bonds is 4. The fraction of sp³-hybridized carbons (Fsp3) is 0.185. The average Bonchev–Trinajstić information content (AvgIpc) is 2.72. The van der Waals surface area contributed by atoms with Crippen LogP contribution in [0, 0.1) is 0 Å². The minimum atomic E-state index is -0.147.